The highest BCUT2D eigenvalue weighted by Gasteiger charge is 2.30. The number of carbonyl (C=O) groups is 5. The molecule has 5 N–H and O–H groups in total. The van der Waals surface area contributed by atoms with Gasteiger partial charge in [0, 0.05) is 25.2 Å². The second kappa shape index (κ2) is 14.8. The van der Waals surface area contributed by atoms with Crippen molar-refractivity contribution in [3.05, 3.63) is 102 Å². The average Bonchev–Trinajstić information content (AvgIpc) is 2.96. The molecule has 3 aromatic rings. The number of alkyl carbamates (subject to hydrolysis) is 1. The first-order valence-corrected chi connectivity index (χ1v) is 12.6. The molecule has 3 atom stereocenters. The third kappa shape index (κ3) is 9.35. The molecule has 0 saturated carbocycles. The van der Waals surface area contributed by atoms with Crippen molar-refractivity contribution in [2.45, 2.75) is 44.5 Å². The number of nitrogens with zero attached hydrogens (tertiary/aromatic N) is 1. The summed E-state index contributed by atoms with van der Waals surface area (Å²) < 4.78 is 5.16. The summed E-state index contributed by atoms with van der Waals surface area (Å²) in [5.74, 6) is -3.53. The molecule has 208 valence electrons. The van der Waals surface area contributed by atoms with Gasteiger partial charge < -0.3 is 26.4 Å². The van der Waals surface area contributed by atoms with Crippen LogP contribution in [0.4, 0.5) is 4.79 Å². The van der Waals surface area contributed by atoms with Crippen molar-refractivity contribution in [2.24, 2.45) is 5.73 Å². The SMILES string of the molecule is C[C@H](NC(=O)OCc1ccccc1)C(=O)N[C@@H](Cc1ccncc1)C(=O)N[C@@H](Cc1ccccc1)C(=O)C(N)=O. The van der Waals surface area contributed by atoms with E-state index in [-0.39, 0.29) is 19.4 Å². The van der Waals surface area contributed by atoms with Gasteiger partial charge in [0.2, 0.25) is 17.6 Å². The first kappa shape index (κ1) is 29.5. The van der Waals surface area contributed by atoms with Crippen LogP contribution in [0, 0.1) is 0 Å². The van der Waals surface area contributed by atoms with E-state index in [1.165, 1.54) is 19.3 Å². The minimum atomic E-state index is -1.24. The van der Waals surface area contributed by atoms with Crippen molar-refractivity contribution >= 4 is 29.6 Å². The number of aromatic nitrogens is 1. The Morgan fingerprint density at radius 3 is 1.85 bits per heavy atom. The van der Waals surface area contributed by atoms with Crippen LogP contribution >= 0.6 is 0 Å². The van der Waals surface area contributed by atoms with E-state index in [2.05, 4.69) is 20.9 Å². The number of pyridine rings is 1. The molecule has 3 rings (SSSR count). The normalized spacial score (nSPS) is 12.7. The lowest BCUT2D eigenvalue weighted by Gasteiger charge is -2.24. The van der Waals surface area contributed by atoms with E-state index in [9.17, 15) is 24.0 Å². The summed E-state index contributed by atoms with van der Waals surface area (Å²) in [6.45, 7) is 1.46. The number of primary amides is 1. The van der Waals surface area contributed by atoms with Gasteiger partial charge in [0.1, 0.15) is 24.7 Å². The minimum Gasteiger partial charge on any atom is -0.445 e. The van der Waals surface area contributed by atoms with Crippen molar-refractivity contribution in [1.82, 2.24) is 20.9 Å². The quantitative estimate of drug-likeness (QED) is 0.234. The number of rotatable bonds is 13. The second-order valence-electron chi connectivity index (χ2n) is 9.03. The van der Waals surface area contributed by atoms with E-state index in [4.69, 9.17) is 10.5 Å². The van der Waals surface area contributed by atoms with E-state index in [1.54, 1.807) is 54.6 Å². The topological polar surface area (TPSA) is 170 Å². The lowest BCUT2D eigenvalue weighted by molar-refractivity contribution is -0.138. The largest absolute Gasteiger partial charge is 0.445 e. The molecule has 0 saturated heterocycles. The molecule has 40 heavy (non-hydrogen) atoms. The number of hydrogen-bond donors (Lipinski definition) is 4. The van der Waals surface area contributed by atoms with Crippen LogP contribution in [0.3, 0.4) is 0 Å². The summed E-state index contributed by atoms with van der Waals surface area (Å²) in [6.07, 6.45) is 2.34. The first-order chi connectivity index (χ1) is 19.2. The summed E-state index contributed by atoms with van der Waals surface area (Å²) in [6, 6.07) is 17.7. The summed E-state index contributed by atoms with van der Waals surface area (Å²) in [4.78, 5) is 66.7. The number of hydrogen-bond acceptors (Lipinski definition) is 7. The molecule has 0 aliphatic heterocycles. The molecular formula is C29H31N5O6. The average molecular weight is 546 g/mol. The van der Waals surface area contributed by atoms with Gasteiger partial charge in [-0.25, -0.2) is 4.79 Å². The Morgan fingerprint density at radius 1 is 0.725 bits per heavy atom. The zero-order valence-corrected chi connectivity index (χ0v) is 21.9. The van der Waals surface area contributed by atoms with E-state index in [0.717, 1.165) is 5.56 Å². The van der Waals surface area contributed by atoms with E-state index >= 15 is 0 Å². The number of amides is 4. The predicted octanol–water partition coefficient (Wildman–Crippen LogP) is 1.21. The Balaban J connectivity index is 1.69. The van der Waals surface area contributed by atoms with E-state index in [0.29, 0.717) is 11.1 Å². The van der Waals surface area contributed by atoms with Crippen molar-refractivity contribution in [3.63, 3.8) is 0 Å². The van der Waals surface area contributed by atoms with Gasteiger partial charge in [0.25, 0.3) is 5.91 Å². The smallest absolute Gasteiger partial charge is 0.408 e. The highest BCUT2D eigenvalue weighted by Crippen LogP contribution is 2.08. The highest BCUT2D eigenvalue weighted by molar-refractivity contribution is 6.38. The maximum absolute atomic E-state index is 13.4. The number of ether oxygens (including phenoxy) is 1. The Labute approximate surface area is 231 Å². The van der Waals surface area contributed by atoms with Crippen LogP contribution in [0.5, 0.6) is 0 Å². The molecule has 0 aliphatic rings. The van der Waals surface area contributed by atoms with Gasteiger partial charge in [0.05, 0.1) is 0 Å². The number of nitrogens with one attached hydrogen (secondary N) is 3. The third-order valence-electron chi connectivity index (χ3n) is 5.92. The Kier molecular flexibility index (Phi) is 10.9. The first-order valence-electron chi connectivity index (χ1n) is 12.6. The second-order valence-corrected chi connectivity index (χ2v) is 9.03. The number of Topliss-reactive ketones (excluding diaryl/α,β-unsaturated/α-hetero) is 1. The fourth-order valence-corrected chi connectivity index (χ4v) is 3.77. The van der Waals surface area contributed by atoms with Gasteiger partial charge in [-0.05, 0) is 35.7 Å². The Morgan fingerprint density at radius 2 is 1.25 bits per heavy atom. The van der Waals surface area contributed by atoms with Crippen LogP contribution in [-0.4, -0.2) is 52.7 Å². The molecule has 2 aromatic carbocycles. The summed E-state index contributed by atoms with van der Waals surface area (Å²) in [5.41, 5.74) is 7.38. The molecule has 1 heterocycles. The van der Waals surface area contributed by atoms with E-state index in [1.807, 2.05) is 18.2 Å². The molecule has 0 spiro atoms. The molecule has 0 unspecified atom stereocenters. The monoisotopic (exact) mass is 545 g/mol. The molecule has 0 radical (unpaired) electrons. The lowest BCUT2D eigenvalue weighted by Crippen LogP contribution is -2.57. The third-order valence-corrected chi connectivity index (χ3v) is 5.92. The fraction of sp³-hybridized carbons (Fsp3) is 0.241. The molecule has 4 amide bonds. The molecule has 0 fully saturated rings. The fourth-order valence-electron chi connectivity index (χ4n) is 3.77. The molecule has 11 nitrogen and oxygen atoms in total. The van der Waals surface area contributed by atoms with Crippen LogP contribution in [0.15, 0.2) is 85.2 Å². The van der Waals surface area contributed by atoms with Crippen molar-refractivity contribution < 1.29 is 28.7 Å². The molecular weight excluding hydrogens is 514 g/mol. The van der Waals surface area contributed by atoms with Crippen LogP contribution in [0.1, 0.15) is 23.6 Å². The van der Waals surface area contributed by atoms with Gasteiger partial charge in [-0.15, -0.1) is 0 Å². The highest BCUT2D eigenvalue weighted by atomic mass is 16.5. The predicted molar refractivity (Wildman–Crippen MR) is 145 cm³/mol. The Hall–Kier alpha value is -5.06. The van der Waals surface area contributed by atoms with E-state index < -0.39 is 47.7 Å². The standard InChI is InChI=1S/C29H31N5O6/c1-19(32-29(39)40-18-22-10-6-3-7-11-22)27(37)34-24(17-21-12-14-31-15-13-21)28(38)33-23(25(35)26(30)36)16-20-8-4-2-5-9-20/h2-15,19,23-24H,16-18H2,1H3,(H2,30,36)(H,32,39)(H,33,38)(H,34,37)/t19-,23-,24-/m0/s1. The van der Waals surface area contributed by atoms with Crippen LogP contribution in [0.25, 0.3) is 0 Å². The van der Waals surface area contributed by atoms with Crippen molar-refractivity contribution in [2.75, 3.05) is 0 Å². The zero-order chi connectivity index (χ0) is 28.9. The summed E-state index contributed by atoms with van der Waals surface area (Å²) in [7, 11) is 0. The maximum Gasteiger partial charge on any atom is 0.408 e. The lowest BCUT2D eigenvalue weighted by atomic mass is 10.00. The zero-order valence-electron chi connectivity index (χ0n) is 21.9. The van der Waals surface area contributed by atoms with Gasteiger partial charge in [-0.1, -0.05) is 60.7 Å². The maximum atomic E-state index is 13.4. The van der Waals surface area contributed by atoms with Crippen LogP contribution in [0.2, 0.25) is 0 Å². The molecule has 11 heteroatoms. The van der Waals surface area contributed by atoms with Crippen molar-refractivity contribution in [1.29, 1.82) is 0 Å². The van der Waals surface area contributed by atoms with Crippen LogP contribution < -0.4 is 21.7 Å². The number of carbonyl (C=O) groups excluding carboxylic acids is 5. The molecule has 0 bridgehead atoms. The minimum absolute atomic E-state index is 0.0186. The number of nitrogens with two attached hydrogens (primary N) is 1. The summed E-state index contributed by atoms with van der Waals surface area (Å²) in [5, 5.41) is 7.61. The Bertz CT molecular complexity index is 1300. The molecule has 1 aromatic heterocycles. The summed E-state index contributed by atoms with van der Waals surface area (Å²) >= 11 is 0. The number of ketones is 1. The number of benzene rings is 2. The van der Waals surface area contributed by atoms with Gasteiger partial charge >= 0.3 is 6.09 Å². The van der Waals surface area contributed by atoms with Crippen molar-refractivity contribution in [3.8, 4) is 0 Å². The molecule has 0 aliphatic carbocycles. The van der Waals surface area contributed by atoms with Gasteiger partial charge in [-0.2, -0.15) is 0 Å². The van der Waals surface area contributed by atoms with Gasteiger partial charge in [0.15, 0.2) is 0 Å². The van der Waals surface area contributed by atoms with Crippen LogP contribution in [-0.2, 0) is 43.4 Å². The van der Waals surface area contributed by atoms with Gasteiger partial charge in [-0.3, -0.25) is 24.2 Å².